The van der Waals surface area contributed by atoms with Crippen LogP contribution >= 0.6 is 15.9 Å². The van der Waals surface area contributed by atoms with Crippen LogP contribution < -0.4 is 10.6 Å². The second kappa shape index (κ2) is 8.05. The molecule has 0 aromatic carbocycles. The summed E-state index contributed by atoms with van der Waals surface area (Å²) in [6.45, 7) is 7.48. The highest BCUT2D eigenvalue weighted by molar-refractivity contribution is 9.10. The van der Waals surface area contributed by atoms with Crippen LogP contribution in [0.2, 0.25) is 0 Å². The van der Waals surface area contributed by atoms with E-state index in [2.05, 4.69) is 43.4 Å². The number of hydrogen-bond donors (Lipinski definition) is 2. The largest absolute Gasteiger partial charge is 0.370 e. The van der Waals surface area contributed by atoms with Crippen molar-refractivity contribution in [3.63, 3.8) is 0 Å². The number of unbranched alkanes of at least 4 members (excludes halogenated alkanes) is 1. The average molecular weight is 314 g/mol. The summed E-state index contributed by atoms with van der Waals surface area (Å²) in [6, 6.07) is 0. The van der Waals surface area contributed by atoms with Gasteiger partial charge in [-0.25, -0.2) is 4.99 Å². The summed E-state index contributed by atoms with van der Waals surface area (Å²) < 4.78 is 2.59. The quantitative estimate of drug-likeness (QED) is 0.572. The van der Waals surface area contributed by atoms with E-state index in [0.29, 0.717) is 5.82 Å². The van der Waals surface area contributed by atoms with Gasteiger partial charge < -0.3 is 10.6 Å². The molecule has 0 unspecified atom stereocenters. The molecule has 0 amide bonds. The van der Waals surface area contributed by atoms with Gasteiger partial charge in [0.15, 0.2) is 5.82 Å². The Bertz CT molecular complexity index is 411. The summed E-state index contributed by atoms with van der Waals surface area (Å²) in [6.07, 6.45) is 5.95. The fourth-order valence-corrected chi connectivity index (χ4v) is 1.97. The molecule has 1 aromatic heterocycles. The molecule has 1 aromatic rings. The molecule has 0 saturated carbocycles. The Morgan fingerprint density at radius 2 is 2.28 bits per heavy atom. The highest BCUT2D eigenvalue weighted by atomic mass is 79.9. The van der Waals surface area contributed by atoms with E-state index < -0.39 is 0 Å². The van der Waals surface area contributed by atoms with Crippen LogP contribution in [0.4, 0.5) is 5.82 Å². The third kappa shape index (κ3) is 3.96. The lowest BCUT2D eigenvalue weighted by molar-refractivity contribution is 0.647. The summed E-state index contributed by atoms with van der Waals surface area (Å²) >= 11 is 3.40. The number of nitrogens with zero attached hydrogens (tertiary/aromatic N) is 3. The Morgan fingerprint density at radius 1 is 1.56 bits per heavy atom. The summed E-state index contributed by atoms with van der Waals surface area (Å²) in [5.41, 5.74) is 0. The van der Waals surface area contributed by atoms with Crippen LogP contribution in [0.25, 0.3) is 5.82 Å². The van der Waals surface area contributed by atoms with Gasteiger partial charge in [0.1, 0.15) is 5.82 Å². The Labute approximate surface area is 116 Å². The molecular weight excluding hydrogens is 294 g/mol. The molecule has 0 aliphatic carbocycles. The van der Waals surface area contributed by atoms with Gasteiger partial charge in [-0.05, 0) is 62.1 Å². The summed E-state index contributed by atoms with van der Waals surface area (Å²) in [4.78, 5) is 3.97. The van der Waals surface area contributed by atoms with E-state index in [1.807, 2.05) is 20.0 Å². The minimum Gasteiger partial charge on any atom is -0.370 e. The first-order chi connectivity index (χ1) is 8.74. The van der Waals surface area contributed by atoms with Crippen molar-refractivity contribution < 1.29 is 0 Å². The van der Waals surface area contributed by atoms with Gasteiger partial charge in [0.25, 0.3) is 0 Å². The van der Waals surface area contributed by atoms with E-state index in [1.54, 1.807) is 10.9 Å². The number of aliphatic imine (C=N–C) groups is 1. The van der Waals surface area contributed by atoms with E-state index in [4.69, 9.17) is 0 Å². The molecule has 0 aliphatic rings. The fourth-order valence-electron chi connectivity index (χ4n) is 1.58. The second-order valence-electron chi connectivity index (χ2n) is 3.80. The number of allylic oxidation sites excluding steroid dienone is 1. The van der Waals surface area contributed by atoms with Crippen LogP contribution in [-0.4, -0.2) is 36.6 Å². The molecule has 1 rings (SSSR count). The zero-order valence-electron chi connectivity index (χ0n) is 10.9. The highest BCUT2D eigenvalue weighted by Gasteiger charge is 2.09. The van der Waals surface area contributed by atoms with Gasteiger partial charge in [0.2, 0.25) is 0 Å². The number of halogens is 1. The second-order valence-corrected chi connectivity index (χ2v) is 4.65. The van der Waals surface area contributed by atoms with Gasteiger partial charge in [0, 0.05) is 6.54 Å². The van der Waals surface area contributed by atoms with Crippen LogP contribution in [0.15, 0.2) is 21.7 Å². The summed E-state index contributed by atoms with van der Waals surface area (Å²) in [5, 5.41) is 10.8. The molecule has 0 spiro atoms. The van der Waals surface area contributed by atoms with Gasteiger partial charge in [-0.1, -0.05) is 0 Å². The minimum absolute atomic E-state index is 0.714. The molecule has 0 atom stereocenters. The number of rotatable bonds is 8. The molecule has 0 saturated heterocycles. The zero-order chi connectivity index (χ0) is 13.4. The Kier molecular flexibility index (Phi) is 6.67. The van der Waals surface area contributed by atoms with Crippen LogP contribution in [0, 0.1) is 0 Å². The van der Waals surface area contributed by atoms with Crippen LogP contribution in [0.5, 0.6) is 0 Å². The molecule has 5 nitrogen and oxygen atoms in total. The highest BCUT2D eigenvalue weighted by Crippen LogP contribution is 2.26. The van der Waals surface area contributed by atoms with Crippen molar-refractivity contribution in [1.82, 2.24) is 20.4 Å². The molecule has 2 N–H and O–H groups in total. The molecule has 1 heterocycles. The number of aromatic nitrogens is 2. The van der Waals surface area contributed by atoms with Gasteiger partial charge >= 0.3 is 0 Å². The van der Waals surface area contributed by atoms with Gasteiger partial charge in [-0.15, -0.1) is 0 Å². The minimum atomic E-state index is 0.714. The first-order valence-electron chi connectivity index (χ1n) is 6.00. The van der Waals surface area contributed by atoms with Crippen molar-refractivity contribution in [2.24, 2.45) is 4.99 Å². The molecule has 0 radical (unpaired) electrons. The monoisotopic (exact) mass is 313 g/mol. The molecule has 18 heavy (non-hydrogen) atoms. The SMILES string of the molecule is C=Nc1c(Br)cnn1/C(=C\C)NCCCCNC. The Hall–Kier alpha value is -1.14. The van der Waals surface area contributed by atoms with E-state index in [0.717, 1.165) is 36.2 Å². The van der Waals surface area contributed by atoms with Gasteiger partial charge in [-0.3, -0.25) is 0 Å². The van der Waals surface area contributed by atoms with Crippen molar-refractivity contribution in [2.75, 3.05) is 20.1 Å². The fraction of sp³-hybridized carbons (Fsp3) is 0.500. The Balaban J connectivity index is 2.58. The Morgan fingerprint density at radius 3 is 2.89 bits per heavy atom. The zero-order valence-corrected chi connectivity index (χ0v) is 12.5. The van der Waals surface area contributed by atoms with E-state index in [-0.39, 0.29) is 0 Å². The molecule has 0 aliphatic heterocycles. The van der Waals surface area contributed by atoms with Crippen LogP contribution in [0.1, 0.15) is 19.8 Å². The predicted molar refractivity (Wildman–Crippen MR) is 80.2 cm³/mol. The normalized spacial score (nSPS) is 11.6. The summed E-state index contributed by atoms with van der Waals surface area (Å²) in [7, 11) is 1.97. The topological polar surface area (TPSA) is 54.2 Å². The molecule has 6 heteroatoms. The number of hydrogen-bond acceptors (Lipinski definition) is 4. The lowest BCUT2D eigenvalue weighted by Crippen LogP contribution is -2.20. The van der Waals surface area contributed by atoms with E-state index in [1.165, 1.54) is 0 Å². The molecule has 100 valence electrons. The van der Waals surface area contributed by atoms with E-state index >= 15 is 0 Å². The maximum atomic E-state index is 4.27. The van der Waals surface area contributed by atoms with Crippen molar-refractivity contribution in [3.8, 4) is 0 Å². The smallest absolute Gasteiger partial charge is 0.171 e. The maximum absolute atomic E-state index is 4.27. The first-order valence-corrected chi connectivity index (χ1v) is 6.79. The molecule has 0 bridgehead atoms. The van der Waals surface area contributed by atoms with E-state index in [9.17, 15) is 0 Å². The van der Waals surface area contributed by atoms with Crippen LogP contribution in [0.3, 0.4) is 0 Å². The lowest BCUT2D eigenvalue weighted by atomic mass is 10.3. The predicted octanol–water partition coefficient (Wildman–Crippen LogP) is 2.39. The first kappa shape index (κ1) is 14.9. The van der Waals surface area contributed by atoms with Crippen molar-refractivity contribution in [2.45, 2.75) is 19.8 Å². The average Bonchev–Trinajstić information content (AvgIpc) is 2.75. The third-order valence-electron chi connectivity index (χ3n) is 2.51. The molecule has 0 fully saturated rings. The summed E-state index contributed by atoms with van der Waals surface area (Å²) in [5.74, 6) is 1.64. The maximum Gasteiger partial charge on any atom is 0.171 e. The lowest BCUT2D eigenvalue weighted by Gasteiger charge is -2.12. The number of nitrogens with one attached hydrogen (secondary N) is 2. The van der Waals surface area contributed by atoms with Crippen molar-refractivity contribution >= 4 is 34.3 Å². The van der Waals surface area contributed by atoms with Crippen molar-refractivity contribution in [3.05, 3.63) is 16.7 Å². The van der Waals surface area contributed by atoms with Crippen molar-refractivity contribution in [1.29, 1.82) is 0 Å². The molecular formula is C12H20BrN5. The standard InChI is InChI=1S/C12H20BrN5/c1-4-11(16-8-6-5-7-14-2)18-12(15-3)10(13)9-17-18/h4,9,14,16H,3,5-8H2,1-2H3/b11-4-. The third-order valence-corrected chi connectivity index (χ3v) is 3.07. The van der Waals surface area contributed by atoms with Gasteiger partial charge in [0.05, 0.1) is 10.7 Å². The van der Waals surface area contributed by atoms with Crippen LogP contribution in [-0.2, 0) is 0 Å². The van der Waals surface area contributed by atoms with Gasteiger partial charge in [-0.2, -0.15) is 9.78 Å².